The van der Waals surface area contributed by atoms with Crippen molar-refractivity contribution in [2.24, 2.45) is 0 Å². The largest absolute Gasteiger partial charge is 0.310 e. The minimum atomic E-state index is -0.0327. The summed E-state index contributed by atoms with van der Waals surface area (Å²) in [5.74, 6) is 0.493. The molecule has 0 atom stereocenters. The van der Waals surface area contributed by atoms with Gasteiger partial charge >= 0.3 is 0 Å². The summed E-state index contributed by atoms with van der Waals surface area (Å²) in [7, 11) is 0. The van der Waals surface area contributed by atoms with E-state index in [0.717, 1.165) is 39.7 Å². The number of likely N-dealkylation sites (tertiary alicyclic amines) is 1. The number of nitrogens with zero attached hydrogens (tertiary/aromatic N) is 5. The molecule has 1 saturated heterocycles. The van der Waals surface area contributed by atoms with E-state index in [4.69, 9.17) is 0 Å². The molecule has 0 aliphatic carbocycles. The molecule has 26 heavy (non-hydrogen) atoms. The van der Waals surface area contributed by atoms with Gasteiger partial charge < -0.3 is 5.32 Å². The third-order valence-electron chi connectivity index (χ3n) is 4.40. The smallest absolute Gasteiger partial charge is 0.239 e. The molecule has 0 radical (unpaired) electrons. The number of piperidine rings is 1. The van der Waals surface area contributed by atoms with Gasteiger partial charge in [-0.2, -0.15) is 0 Å². The van der Waals surface area contributed by atoms with Crippen LogP contribution < -0.4 is 5.32 Å². The summed E-state index contributed by atoms with van der Waals surface area (Å²) in [5, 5.41) is 13.7. The summed E-state index contributed by atoms with van der Waals surface area (Å²) >= 11 is 1.51. The van der Waals surface area contributed by atoms with Crippen LogP contribution in [0.5, 0.6) is 0 Å². The highest BCUT2D eigenvalue weighted by Gasteiger charge is 2.14. The standard InChI is InChI=1S/C18H20N6OS/c1-12-22-23-18(26-12)14-6-5-13-10-19-16(9-15(13)20-14)21-17(25)11-24-7-3-2-4-8-24/h5-6,9-10H,2-4,7-8,11H2,1H3,(H,19,21,25). The lowest BCUT2D eigenvalue weighted by Gasteiger charge is -2.25. The van der Waals surface area contributed by atoms with E-state index in [0.29, 0.717) is 12.4 Å². The van der Waals surface area contributed by atoms with Gasteiger partial charge in [-0.15, -0.1) is 10.2 Å². The van der Waals surface area contributed by atoms with Crippen LogP contribution in [0.1, 0.15) is 24.3 Å². The summed E-state index contributed by atoms with van der Waals surface area (Å²) in [5.41, 5.74) is 1.55. The number of pyridine rings is 2. The molecule has 4 heterocycles. The Hall–Kier alpha value is -2.45. The Morgan fingerprint density at radius 2 is 2.08 bits per heavy atom. The number of aryl methyl sites for hydroxylation is 1. The van der Waals surface area contributed by atoms with E-state index < -0.39 is 0 Å². The van der Waals surface area contributed by atoms with Crippen molar-refractivity contribution in [2.45, 2.75) is 26.2 Å². The first-order valence-electron chi connectivity index (χ1n) is 8.77. The Labute approximate surface area is 155 Å². The number of carbonyl (C=O) groups excluding carboxylic acids is 1. The van der Waals surface area contributed by atoms with Crippen molar-refractivity contribution in [3.63, 3.8) is 0 Å². The molecule has 7 nitrogen and oxygen atoms in total. The SMILES string of the molecule is Cc1nnc(-c2ccc3cnc(NC(=O)CN4CCCCC4)cc3n2)s1. The van der Waals surface area contributed by atoms with E-state index in [1.165, 1.54) is 30.6 Å². The van der Waals surface area contributed by atoms with Crippen molar-refractivity contribution in [1.29, 1.82) is 0 Å². The fraction of sp³-hybridized carbons (Fsp3) is 0.389. The van der Waals surface area contributed by atoms with Crippen LogP contribution in [0.4, 0.5) is 5.82 Å². The Morgan fingerprint density at radius 3 is 2.85 bits per heavy atom. The Kier molecular flexibility index (Phi) is 4.85. The molecule has 0 unspecified atom stereocenters. The molecule has 1 N–H and O–H groups in total. The van der Waals surface area contributed by atoms with Crippen LogP contribution in [0.2, 0.25) is 0 Å². The lowest BCUT2D eigenvalue weighted by Crippen LogP contribution is -2.36. The zero-order chi connectivity index (χ0) is 17.9. The van der Waals surface area contributed by atoms with Crippen molar-refractivity contribution in [1.82, 2.24) is 25.1 Å². The molecule has 0 spiro atoms. The number of amides is 1. The maximum absolute atomic E-state index is 12.3. The van der Waals surface area contributed by atoms with Crippen molar-refractivity contribution in [3.05, 3.63) is 29.4 Å². The predicted molar refractivity (Wildman–Crippen MR) is 102 cm³/mol. The zero-order valence-corrected chi connectivity index (χ0v) is 15.4. The predicted octanol–water partition coefficient (Wildman–Crippen LogP) is 2.88. The molecular formula is C18H20N6OS. The number of hydrogen-bond donors (Lipinski definition) is 1. The molecule has 0 saturated carbocycles. The second-order valence-electron chi connectivity index (χ2n) is 6.47. The summed E-state index contributed by atoms with van der Waals surface area (Å²) in [6.45, 7) is 4.31. The lowest BCUT2D eigenvalue weighted by molar-refractivity contribution is -0.117. The molecule has 4 rings (SSSR count). The molecule has 8 heteroatoms. The number of rotatable bonds is 4. The molecule has 1 amide bonds. The highest BCUT2D eigenvalue weighted by atomic mass is 32.1. The Bertz CT molecular complexity index is 934. The third-order valence-corrected chi connectivity index (χ3v) is 5.26. The Balaban J connectivity index is 1.51. The molecule has 3 aromatic heterocycles. The quantitative estimate of drug-likeness (QED) is 0.762. The monoisotopic (exact) mass is 368 g/mol. The van der Waals surface area contributed by atoms with E-state index in [1.807, 2.05) is 19.1 Å². The van der Waals surface area contributed by atoms with Gasteiger partial charge in [0, 0.05) is 17.6 Å². The fourth-order valence-corrected chi connectivity index (χ4v) is 3.77. The summed E-state index contributed by atoms with van der Waals surface area (Å²) < 4.78 is 0. The van der Waals surface area contributed by atoms with Gasteiger partial charge in [0.05, 0.1) is 12.1 Å². The van der Waals surface area contributed by atoms with Gasteiger partial charge in [-0.3, -0.25) is 9.69 Å². The first-order valence-corrected chi connectivity index (χ1v) is 9.58. The molecule has 1 aliphatic heterocycles. The maximum atomic E-state index is 12.3. The lowest BCUT2D eigenvalue weighted by atomic mass is 10.1. The van der Waals surface area contributed by atoms with Crippen LogP contribution in [-0.4, -0.2) is 50.6 Å². The van der Waals surface area contributed by atoms with Gasteiger partial charge in [-0.1, -0.05) is 17.8 Å². The van der Waals surface area contributed by atoms with Crippen LogP contribution >= 0.6 is 11.3 Å². The minimum Gasteiger partial charge on any atom is -0.310 e. The first-order chi connectivity index (χ1) is 12.7. The van der Waals surface area contributed by atoms with Crippen molar-refractivity contribution < 1.29 is 4.79 Å². The van der Waals surface area contributed by atoms with Gasteiger partial charge in [0.1, 0.15) is 16.5 Å². The highest BCUT2D eigenvalue weighted by Crippen LogP contribution is 2.24. The van der Waals surface area contributed by atoms with Gasteiger partial charge in [0.2, 0.25) is 5.91 Å². The van der Waals surface area contributed by atoms with Crippen LogP contribution in [0.15, 0.2) is 24.4 Å². The topological polar surface area (TPSA) is 83.9 Å². The molecule has 1 fully saturated rings. The van der Waals surface area contributed by atoms with Gasteiger partial charge in [0.25, 0.3) is 0 Å². The number of nitrogens with one attached hydrogen (secondary N) is 1. The van der Waals surface area contributed by atoms with Crippen LogP contribution in [0.25, 0.3) is 21.6 Å². The van der Waals surface area contributed by atoms with Crippen LogP contribution in [-0.2, 0) is 4.79 Å². The molecule has 0 bridgehead atoms. The average Bonchev–Trinajstić information content (AvgIpc) is 3.08. The number of fused-ring (bicyclic) bond motifs is 1. The normalized spacial score (nSPS) is 15.3. The zero-order valence-electron chi connectivity index (χ0n) is 14.6. The van der Waals surface area contributed by atoms with Gasteiger partial charge in [-0.05, 0) is 45.0 Å². The minimum absolute atomic E-state index is 0.0327. The maximum Gasteiger partial charge on any atom is 0.239 e. The number of aromatic nitrogens is 4. The molecule has 1 aliphatic rings. The number of hydrogen-bond acceptors (Lipinski definition) is 7. The van der Waals surface area contributed by atoms with Crippen molar-refractivity contribution in [3.8, 4) is 10.7 Å². The van der Waals surface area contributed by atoms with E-state index in [2.05, 4.69) is 30.4 Å². The van der Waals surface area contributed by atoms with Gasteiger partial charge in [0.15, 0.2) is 5.01 Å². The van der Waals surface area contributed by atoms with Crippen LogP contribution in [0.3, 0.4) is 0 Å². The van der Waals surface area contributed by atoms with Crippen LogP contribution in [0, 0.1) is 6.92 Å². The molecular weight excluding hydrogens is 348 g/mol. The number of anilines is 1. The third kappa shape index (κ3) is 3.86. The summed E-state index contributed by atoms with van der Waals surface area (Å²) in [4.78, 5) is 23.4. The highest BCUT2D eigenvalue weighted by molar-refractivity contribution is 7.14. The average molecular weight is 368 g/mol. The van der Waals surface area contributed by atoms with E-state index in [-0.39, 0.29) is 5.91 Å². The Morgan fingerprint density at radius 1 is 1.23 bits per heavy atom. The van der Waals surface area contributed by atoms with E-state index in [9.17, 15) is 4.79 Å². The van der Waals surface area contributed by atoms with Gasteiger partial charge in [-0.25, -0.2) is 9.97 Å². The molecule has 3 aromatic rings. The second kappa shape index (κ2) is 7.43. The second-order valence-corrected chi connectivity index (χ2v) is 7.65. The summed E-state index contributed by atoms with van der Waals surface area (Å²) in [6, 6.07) is 5.68. The molecule has 134 valence electrons. The van der Waals surface area contributed by atoms with Crippen molar-refractivity contribution >= 4 is 34.0 Å². The van der Waals surface area contributed by atoms with Crippen molar-refractivity contribution in [2.75, 3.05) is 25.0 Å². The fourth-order valence-electron chi connectivity index (χ4n) is 3.11. The first kappa shape index (κ1) is 17.0. The summed E-state index contributed by atoms with van der Waals surface area (Å²) in [6.07, 6.45) is 5.32. The van der Waals surface area contributed by atoms with E-state index >= 15 is 0 Å². The molecule has 0 aromatic carbocycles. The van der Waals surface area contributed by atoms with E-state index in [1.54, 1.807) is 12.3 Å². The number of carbonyl (C=O) groups is 1.